The van der Waals surface area contributed by atoms with Gasteiger partial charge in [-0.1, -0.05) is 12.1 Å². The molecule has 0 aromatic heterocycles. The summed E-state index contributed by atoms with van der Waals surface area (Å²) in [5, 5.41) is 0. The fourth-order valence-electron chi connectivity index (χ4n) is 3.32. The quantitative estimate of drug-likeness (QED) is 0.336. The van der Waals surface area contributed by atoms with Gasteiger partial charge in [0.15, 0.2) is 11.6 Å². The Kier molecular flexibility index (Phi) is 7.68. The van der Waals surface area contributed by atoms with Crippen LogP contribution in [0.3, 0.4) is 0 Å². The van der Waals surface area contributed by atoms with E-state index < -0.39 is 17.6 Å². The van der Waals surface area contributed by atoms with E-state index in [1.807, 2.05) is 24.3 Å². The van der Waals surface area contributed by atoms with E-state index in [4.69, 9.17) is 9.47 Å². The lowest BCUT2D eigenvalue weighted by molar-refractivity contribution is -0.144. The van der Waals surface area contributed by atoms with Gasteiger partial charge in [-0.3, -0.25) is 9.59 Å². The van der Waals surface area contributed by atoms with Gasteiger partial charge in [0.25, 0.3) is 0 Å². The van der Waals surface area contributed by atoms with E-state index in [2.05, 4.69) is 0 Å². The zero-order valence-corrected chi connectivity index (χ0v) is 17.4. The third-order valence-electron chi connectivity index (χ3n) is 4.90. The minimum Gasteiger partial charge on any atom is -0.497 e. The first kappa shape index (κ1) is 22.1. The van der Waals surface area contributed by atoms with Crippen LogP contribution in [0.25, 0.3) is 0 Å². The SMILES string of the molecule is COc1ccc(SCCOC(=O)CC2CCC(=O)N2Cc2cccc(F)c2F)cc1. The van der Waals surface area contributed by atoms with Gasteiger partial charge in [0.05, 0.1) is 13.5 Å². The lowest BCUT2D eigenvalue weighted by Crippen LogP contribution is -2.34. The molecule has 0 bridgehead atoms. The van der Waals surface area contributed by atoms with Crippen LogP contribution < -0.4 is 4.74 Å². The number of thioether (sulfide) groups is 1. The van der Waals surface area contributed by atoms with Crippen molar-refractivity contribution in [1.29, 1.82) is 0 Å². The first-order chi connectivity index (χ1) is 14.5. The number of carbonyl (C=O) groups excluding carboxylic acids is 2. The molecule has 160 valence electrons. The van der Waals surface area contributed by atoms with Crippen LogP contribution in [0.1, 0.15) is 24.8 Å². The third-order valence-corrected chi connectivity index (χ3v) is 5.88. The van der Waals surface area contributed by atoms with Gasteiger partial charge in [0, 0.05) is 35.2 Å². The highest BCUT2D eigenvalue weighted by Gasteiger charge is 2.33. The molecule has 3 rings (SSSR count). The summed E-state index contributed by atoms with van der Waals surface area (Å²) in [6, 6.07) is 11.1. The summed E-state index contributed by atoms with van der Waals surface area (Å²) in [5.74, 6) is -1.13. The standard InChI is InChI=1S/C22H23F2NO4S/c1-28-17-6-8-18(9-7-17)30-12-11-29-21(27)13-16-5-10-20(26)25(16)14-15-3-2-4-19(23)22(15)24/h2-4,6-9,16H,5,10-14H2,1H3. The van der Waals surface area contributed by atoms with Crippen molar-refractivity contribution in [3.05, 3.63) is 59.7 Å². The Hall–Kier alpha value is -2.61. The normalized spacial score (nSPS) is 16.0. The van der Waals surface area contributed by atoms with Crippen LogP contribution >= 0.6 is 11.8 Å². The fraction of sp³-hybridized carbons (Fsp3) is 0.364. The summed E-state index contributed by atoms with van der Waals surface area (Å²) in [5.41, 5.74) is 0.0968. The number of methoxy groups -OCH3 is 1. The molecule has 0 N–H and O–H groups in total. The van der Waals surface area contributed by atoms with Crippen LogP contribution in [-0.2, 0) is 20.9 Å². The van der Waals surface area contributed by atoms with E-state index in [-0.39, 0.29) is 43.5 Å². The second-order valence-electron chi connectivity index (χ2n) is 6.88. The molecule has 30 heavy (non-hydrogen) atoms. The molecule has 2 aromatic rings. The Morgan fingerprint density at radius 1 is 1.20 bits per heavy atom. The molecule has 2 aromatic carbocycles. The van der Waals surface area contributed by atoms with Crippen LogP contribution in [0, 0.1) is 11.6 Å². The van der Waals surface area contributed by atoms with Crippen LogP contribution in [-0.4, -0.2) is 42.3 Å². The van der Waals surface area contributed by atoms with E-state index in [0.717, 1.165) is 16.7 Å². The van der Waals surface area contributed by atoms with E-state index in [9.17, 15) is 18.4 Å². The molecule has 0 spiro atoms. The van der Waals surface area contributed by atoms with Gasteiger partial charge in [0.2, 0.25) is 5.91 Å². The van der Waals surface area contributed by atoms with E-state index in [1.54, 1.807) is 18.9 Å². The maximum atomic E-state index is 13.9. The molecule has 0 radical (unpaired) electrons. The van der Waals surface area contributed by atoms with Crippen molar-refractivity contribution in [3.8, 4) is 5.75 Å². The van der Waals surface area contributed by atoms with Gasteiger partial charge in [-0.25, -0.2) is 8.78 Å². The zero-order valence-electron chi connectivity index (χ0n) is 16.6. The van der Waals surface area contributed by atoms with Gasteiger partial charge in [-0.05, 0) is 36.8 Å². The average Bonchev–Trinajstić information content (AvgIpc) is 3.08. The summed E-state index contributed by atoms with van der Waals surface area (Å²) >= 11 is 1.56. The zero-order chi connectivity index (χ0) is 21.5. The van der Waals surface area contributed by atoms with Gasteiger partial charge in [-0.2, -0.15) is 0 Å². The molecule has 1 heterocycles. The van der Waals surface area contributed by atoms with Crippen molar-refractivity contribution >= 4 is 23.6 Å². The molecule has 1 fully saturated rings. The number of hydrogen-bond donors (Lipinski definition) is 0. The van der Waals surface area contributed by atoms with Gasteiger partial charge < -0.3 is 14.4 Å². The monoisotopic (exact) mass is 435 g/mol. The molecule has 1 unspecified atom stereocenters. The van der Waals surface area contributed by atoms with Crippen molar-refractivity contribution in [2.75, 3.05) is 19.5 Å². The summed E-state index contributed by atoms with van der Waals surface area (Å²) in [4.78, 5) is 26.8. The number of likely N-dealkylation sites (tertiary alicyclic amines) is 1. The molecule has 1 aliphatic heterocycles. The lowest BCUT2D eigenvalue weighted by Gasteiger charge is -2.24. The minimum atomic E-state index is -0.964. The second-order valence-corrected chi connectivity index (χ2v) is 8.04. The fourth-order valence-corrected chi connectivity index (χ4v) is 4.05. The van der Waals surface area contributed by atoms with Crippen LogP contribution in [0.2, 0.25) is 0 Å². The first-order valence-corrected chi connectivity index (χ1v) is 10.6. The summed E-state index contributed by atoms with van der Waals surface area (Å²) in [6.07, 6.45) is 0.809. The number of hydrogen-bond acceptors (Lipinski definition) is 5. The Labute approximate surface area is 178 Å². The average molecular weight is 435 g/mol. The van der Waals surface area contributed by atoms with Gasteiger partial charge in [-0.15, -0.1) is 11.8 Å². The van der Waals surface area contributed by atoms with Crippen LogP contribution in [0.4, 0.5) is 8.78 Å². The Morgan fingerprint density at radius 3 is 2.70 bits per heavy atom. The number of rotatable bonds is 9. The Balaban J connectivity index is 1.46. The topological polar surface area (TPSA) is 55.8 Å². The summed E-state index contributed by atoms with van der Waals surface area (Å²) in [7, 11) is 1.61. The molecule has 0 aliphatic carbocycles. The van der Waals surface area contributed by atoms with Crippen LogP contribution in [0.5, 0.6) is 5.75 Å². The predicted octanol–water partition coefficient (Wildman–Crippen LogP) is 4.19. The largest absolute Gasteiger partial charge is 0.497 e. The molecule has 1 atom stereocenters. The number of halogens is 2. The number of benzene rings is 2. The van der Waals surface area contributed by atoms with Crippen molar-refractivity contribution in [2.45, 2.75) is 36.7 Å². The molecule has 5 nitrogen and oxygen atoms in total. The Bertz CT molecular complexity index is 891. The number of ether oxygens (including phenoxy) is 2. The van der Waals surface area contributed by atoms with Gasteiger partial charge >= 0.3 is 5.97 Å². The van der Waals surface area contributed by atoms with Crippen molar-refractivity contribution in [2.24, 2.45) is 0 Å². The van der Waals surface area contributed by atoms with Crippen LogP contribution in [0.15, 0.2) is 47.4 Å². The number of nitrogens with zero attached hydrogens (tertiary/aromatic N) is 1. The maximum Gasteiger partial charge on any atom is 0.307 e. The summed E-state index contributed by atoms with van der Waals surface area (Å²) < 4.78 is 37.8. The van der Waals surface area contributed by atoms with E-state index in [0.29, 0.717) is 12.2 Å². The predicted molar refractivity (Wildman–Crippen MR) is 109 cm³/mol. The van der Waals surface area contributed by atoms with E-state index >= 15 is 0 Å². The van der Waals surface area contributed by atoms with Gasteiger partial charge in [0.1, 0.15) is 12.4 Å². The van der Waals surface area contributed by atoms with Crippen molar-refractivity contribution in [1.82, 2.24) is 4.90 Å². The Morgan fingerprint density at radius 2 is 1.97 bits per heavy atom. The minimum absolute atomic E-state index is 0.0376. The first-order valence-electron chi connectivity index (χ1n) is 9.62. The molecular formula is C22H23F2NO4S. The third kappa shape index (κ3) is 5.72. The highest BCUT2D eigenvalue weighted by Crippen LogP contribution is 2.26. The molecule has 1 saturated heterocycles. The van der Waals surface area contributed by atoms with E-state index in [1.165, 1.54) is 17.0 Å². The smallest absolute Gasteiger partial charge is 0.307 e. The molecule has 1 amide bonds. The maximum absolute atomic E-state index is 13.9. The highest BCUT2D eigenvalue weighted by atomic mass is 32.2. The second kappa shape index (κ2) is 10.4. The summed E-state index contributed by atoms with van der Waals surface area (Å²) in [6.45, 7) is 0.183. The van der Waals surface area contributed by atoms with Crippen molar-refractivity contribution in [3.63, 3.8) is 0 Å². The van der Waals surface area contributed by atoms with Crippen molar-refractivity contribution < 1.29 is 27.8 Å². The number of amides is 1. The molecule has 0 saturated carbocycles. The molecule has 1 aliphatic rings. The number of carbonyl (C=O) groups is 2. The number of esters is 1. The lowest BCUT2D eigenvalue weighted by atomic mass is 10.1. The molecular weight excluding hydrogens is 412 g/mol. The molecule has 8 heteroatoms. The highest BCUT2D eigenvalue weighted by molar-refractivity contribution is 7.99.